The summed E-state index contributed by atoms with van der Waals surface area (Å²) in [6, 6.07) is 10.1. The summed E-state index contributed by atoms with van der Waals surface area (Å²) >= 11 is 0.129. The first-order valence-electron chi connectivity index (χ1n) is 6.79. The van der Waals surface area contributed by atoms with Crippen molar-refractivity contribution in [2.75, 3.05) is 6.61 Å². The molecule has 0 radical (unpaired) electrons. The Morgan fingerprint density at radius 3 is 2.75 bits per heavy atom. The van der Waals surface area contributed by atoms with Crippen molar-refractivity contribution >= 4 is 31.2 Å². The SMILES string of the molecule is CCOC(=O)C1(/C=C/[Se]c2ccccc2)CCCC1=O. The first-order chi connectivity index (χ1) is 9.69. The third-order valence-corrected chi connectivity index (χ3v) is 5.13. The molecule has 1 aromatic rings. The Morgan fingerprint density at radius 1 is 1.40 bits per heavy atom. The summed E-state index contributed by atoms with van der Waals surface area (Å²) in [7, 11) is 0. The molecule has 1 unspecified atom stereocenters. The van der Waals surface area contributed by atoms with E-state index in [1.807, 2.05) is 23.2 Å². The van der Waals surface area contributed by atoms with Gasteiger partial charge in [-0.1, -0.05) is 0 Å². The van der Waals surface area contributed by atoms with E-state index in [1.54, 1.807) is 13.0 Å². The molecule has 1 atom stereocenters. The fourth-order valence-corrected chi connectivity index (χ4v) is 3.96. The fraction of sp³-hybridized carbons (Fsp3) is 0.375. The van der Waals surface area contributed by atoms with Crippen molar-refractivity contribution in [3.63, 3.8) is 0 Å². The van der Waals surface area contributed by atoms with E-state index in [1.165, 1.54) is 4.46 Å². The molecule has 0 spiro atoms. The van der Waals surface area contributed by atoms with Gasteiger partial charge in [-0.15, -0.1) is 0 Å². The van der Waals surface area contributed by atoms with E-state index >= 15 is 0 Å². The van der Waals surface area contributed by atoms with E-state index in [0.29, 0.717) is 19.4 Å². The average Bonchev–Trinajstić information content (AvgIpc) is 2.83. The molecule has 20 heavy (non-hydrogen) atoms. The molecule has 106 valence electrons. The molecule has 0 amide bonds. The van der Waals surface area contributed by atoms with E-state index < -0.39 is 5.41 Å². The number of carbonyl (C=O) groups is 2. The van der Waals surface area contributed by atoms with Crippen LogP contribution in [0.25, 0.3) is 0 Å². The fourth-order valence-electron chi connectivity index (χ4n) is 2.34. The van der Waals surface area contributed by atoms with Gasteiger partial charge in [0.1, 0.15) is 0 Å². The van der Waals surface area contributed by atoms with Crippen molar-refractivity contribution in [1.29, 1.82) is 0 Å². The Hall–Kier alpha value is -1.38. The second kappa shape index (κ2) is 6.87. The summed E-state index contributed by atoms with van der Waals surface area (Å²) in [5.41, 5.74) is -1.02. The normalized spacial score (nSPS) is 22.4. The van der Waals surface area contributed by atoms with Crippen LogP contribution in [-0.2, 0) is 14.3 Å². The molecule has 0 saturated heterocycles. The van der Waals surface area contributed by atoms with Crippen LogP contribution >= 0.6 is 0 Å². The van der Waals surface area contributed by atoms with Gasteiger partial charge in [0.15, 0.2) is 0 Å². The van der Waals surface area contributed by atoms with Gasteiger partial charge < -0.3 is 0 Å². The molecule has 0 aliphatic heterocycles. The van der Waals surface area contributed by atoms with Crippen LogP contribution in [0, 0.1) is 5.41 Å². The van der Waals surface area contributed by atoms with Crippen LogP contribution in [0.15, 0.2) is 41.4 Å². The number of carbonyl (C=O) groups excluding carboxylic acids is 2. The Bertz CT molecular complexity index is 510. The first-order valence-corrected chi connectivity index (χ1v) is 8.63. The number of ketones is 1. The zero-order valence-electron chi connectivity index (χ0n) is 11.5. The molecular weight excluding hydrogens is 319 g/mol. The number of Topliss-reactive ketones (excluding diaryl/α,β-unsaturated/α-hetero) is 1. The molecule has 1 aromatic carbocycles. The van der Waals surface area contributed by atoms with Crippen molar-refractivity contribution in [2.24, 2.45) is 5.41 Å². The summed E-state index contributed by atoms with van der Waals surface area (Å²) < 4.78 is 6.32. The quantitative estimate of drug-likeness (QED) is 0.468. The number of benzene rings is 1. The van der Waals surface area contributed by atoms with Crippen molar-refractivity contribution in [3.05, 3.63) is 41.4 Å². The molecule has 0 N–H and O–H groups in total. The second-order valence-corrected chi connectivity index (χ2v) is 6.76. The van der Waals surface area contributed by atoms with E-state index in [-0.39, 0.29) is 26.7 Å². The molecule has 4 heteroatoms. The minimum atomic E-state index is -1.02. The molecule has 0 aromatic heterocycles. The standard InChI is InChI=1S/C16H18O3Se/c1-2-19-15(18)16(10-6-9-14(16)17)11-12-20-13-7-4-3-5-8-13/h3-5,7-8,11-12H,2,6,9-10H2,1H3/b12-11+. The van der Waals surface area contributed by atoms with Crippen LogP contribution in [0.2, 0.25) is 0 Å². The molecule has 1 saturated carbocycles. The summed E-state index contributed by atoms with van der Waals surface area (Å²) in [5, 5.41) is 0. The molecule has 0 heterocycles. The van der Waals surface area contributed by atoms with Crippen LogP contribution in [0.5, 0.6) is 0 Å². The predicted octanol–water partition coefficient (Wildman–Crippen LogP) is 1.83. The van der Waals surface area contributed by atoms with E-state index in [9.17, 15) is 9.59 Å². The van der Waals surface area contributed by atoms with Crippen molar-refractivity contribution < 1.29 is 14.3 Å². The van der Waals surface area contributed by atoms with Gasteiger partial charge in [0.25, 0.3) is 0 Å². The number of hydrogen-bond donors (Lipinski definition) is 0. The predicted molar refractivity (Wildman–Crippen MR) is 78.9 cm³/mol. The zero-order valence-corrected chi connectivity index (χ0v) is 13.2. The van der Waals surface area contributed by atoms with Crippen LogP contribution in [0.3, 0.4) is 0 Å². The maximum absolute atomic E-state index is 12.1. The third kappa shape index (κ3) is 3.20. The molecule has 1 aliphatic carbocycles. The summed E-state index contributed by atoms with van der Waals surface area (Å²) in [5.74, 6) is -0.390. The third-order valence-electron chi connectivity index (χ3n) is 3.41. The van der Waals surface area contributed by atoms with Gasteiger partial charge in [-0.05, 0) is 0 Å². The minimum absolute atomic E-state index is 0.00365. The van der Waals surface area contributed by atoms with Crippen LogP contribution in [-0.4, -0.2) is 33.3 Å². The van der Waals surface area contributed by atoms with Gasteiger partial charge in [0.2, 0.25) is 0 Å². The summed E-state index contributed by atoms with van der Waals surface area (Å²) in [6.07, 6.45) is 3.60. The topological polar surface area (TPSA) is 43.4 Å². The summed E-state index contributed by atoms with van der Waals surface area (Å²) in [6.45, 7) is 2.08. The van der Waals surface area contributed by atoms with Crippen molar-refractivity contribution in [1.82, 2.24) is 0 Å². The van der Waals surface area contributed by atoms with Crippen LogP contribution < -0.4 is 4.46 Å². The number of rotatable bonds is 5. The van der Waals surface area contributed by atoms with Gasteiger partial charge in [-0.2, -0.15) is 0 Å². The van der Waals surface area contributed by atoms with Gasteiger partial charge in [0, 0.05) is 0 Å². The Kier molecular flexibility index (Phi) is 5.16. The maximum atomic E-state index is 12.1. The van der Waals surface area contributed by atoms with E-state index in [0.717, 1.165) is 6.42 Å². The van der Waals surface area contributed by atoms with E-state index in [2.05, 4.69) is 12.1 Å². The van der Waals surface area contributed by atoms with Crippen molar-refractivity contribution in [3.8, 4) is 0 Å². The van der Waals surface area contributed by atoms with Crippen molar-refractivity contribution in [2.45, 2.75) is 26.2 Å². The van der Waals surface area contributed by atoms with Gasteiger partial charge in [-0.3, -0.25) is 0 Å². The number of hydrogen-bond acceptors (Lipinski definition) is 3. The van der Waals surface area contributed by atoms with Gasteiger partial charge >= 0.3 is 125 Å². The number of esters is 1. The second-order valence-electron chi connectivity index (χ2n) is 4.70. The first kappa shape index (κ1) is 15.0. The Labute approximate surface area is 125 Å². The molecule has 1 aliphatic rings. The van der Waals surface area contributed by atoms with Gasteiger partial charge in [-0.25, -0.2) is 0 Å². The number of ether oxygens (including phenoxy) is 1. The summed E-state index contributed by atoms with van der Waals surface area (Å²) in [4.78, 5) is 26.2. The van der Waals surface area contributed by atoms with Crippen LogP contribution in [0.1, 0.15) is 26.2 Å². The van der Waals surface area contributed by atoms with Gasteiger partial charge in [0.05, 0.1) is 0 Å². The molecule has 3 nitrogen and oxygen atoms in total. The molecule has 0 bridgehead atoms. The Morgan fingerprint density at radius 2 is 2.15 bits per heavy atom. The average molecular weight is 337 g/mol. The Balaban J connectivity index is 2.12. The van der Waals surface area contributed by atoms with E-state index in [4.69, 9.17) is 4.74 Å². The monoisotopic (exact) mass is 338 g/mol. The molecular formula is C16H18O3Se. The van der Waals surface area contributed by atoms with Crippen LogP contribution in [0.4, 0.5) is 0 Å². The zero-order chi connectivity index (χ0) is 14.4. The molecule has 1 fully saturated rings. The molecule has 2 rings (SSSR count).